The Morgan fingerprint density at radius 3 is 2.45 bits per heavy atom. The second-order valence-electron chi connectivity index (χ2n) is 11.2. The molecule has 1 spiro atoms. The molecule has 2 fully saturated rings. The van der Waals surface area contributed by atoms with Gasteiger partial charge in [-0.1, -0.05) is 20.8 Å². The topological polar surface area (TPSA) is 77.4 Å². The predicted octanol–water partition coefficient (Wildman–Crippen LogP) is 5.42. The molecule has 8 heteroatoms. The minimum Gasteiger partial charge on any atom is -0.474 e. The molecule has 7 nitrogen and oxygen atoms in total. The molecule has 176 valence electrons. The van der Waals surface area contributed by atoms with Crippen molar-refractivity contribution in [2.75, 3.05) is 4.90 Å². The highest BCUT2D eigenvalue weighted by molar-refractivity contribution is 6.74. The van der Waals surface area contributed by atoms with Crippen LogP contribution >= 0.6 is 0 Å². The standard InChI is InChI=1S/C25H34N4O3Si/c1-24(2,3)33(4,5)31-16-20-26-15-19-22(28-20)29(23(30)25(19)12-13-25)17-10-11-21(27-14-17)32-18-8-6-7-9-18/h10-11,14-15,18H,6-9,12-13,16H2,1-5H3. The molecule has 0 radical (unpaired) electrons. The summed E-state index contributed by atoms with van der Waals surface area (Å²) >= 11 is 0. The van der Waals surface area contributed by atoms with Gasteiger partial charge >= 0.3 is 0 Å². The van der Waals surface area contributed by atoms with Gasteiger partial charge in [0.1, 0.15) is 11.9 Å². The molecule has 2 aromatic heterocycles. The van der Waals surface area contributed by atoms with Gasteiger partial charge in [0.05, 0.1) is 23.9 Å². The van der Waals surface area contributed by atoms with Crippen LogP contribution in [0.5, 0.6) is 5.88 Å². The first-order chi connectivity index (χ1) is 15.6. The number of hydrogen-bond donors (Lipinski definition) is 0. The number of anilines is 2. The van der Waals surface area contributed by atoms with E-state index in [4.69, 9.17) is 14.1 Å². The normalized spacial score (nSPS) is 19.9. The van der Waals surface area contributed by atoms with Crippen molar-refractivity contribution in [2.24, 2.45) is 0 Å². The lowest BCUT2D eigenvalue weighted by molar-refractivity contribution is -0.119. The molecule has 2 saturated carbocycles. The molecule has 0 aromatic carbocycles. The van der Waals surface area contributed by atoms with Crippen LogP contribution in [-0.4, -0.2) is 35.3 Å². The van der Waals surface area contributed by atoms with Gasteiger partial charge in [0.25, 0.3) is 0 Å². The Kier molecular flexibility index (Phi) is 5.36. The monoisotopic (exact) mass is 466 g/mol. The zero-order valence-electron chi connectivity index (χ0n) is 20.4. The average Bonchev–Trinajstić information content (AvgIpc) is 3.34. The van der Waals surface area contributed by atoms with Crippen molar-refractivity contribution in [3.8, 4) is 5.88 Å². The number of fused-ring (bicyclic) bond motifs is 2. The smallest absolute Gasteiger partial charge is 0.243 e. The fraction of sp³-hybridized carbons (Fsp3) is 0.600. The number of carbonyl (C=O) groups excluding carboxylic acids is 1. The summed E-state index contributed by atoms with van der Waals surface area (Å²) in [5, 5.41) is 0.109. The van der Waals surface area contributed by atoms with E-state index in [0.717, 1.165) is 36.9 Å². The second-order valence-corrected chi connectivity index (χ2v) is 16.0. The van der Waals surface area contributed by atoms with E-state index in [1.54, 1.807) is 11.1 Å². The number of hydrogen-bond acceptors (Lipinski definition) is 6. The number of carbonyl (C=O) groups is 1. The molecule has 3 aliphatic rings. The minimum absolute atomic E-state index is 0.0699. The van der Waals surface area contributed by atoms with Crippen molar-refractivity contribution in [3.05, 3.63) is 35.9 Å². The summed E-state index contributed by atoms with van der Waals surface area (Å²) in [6.45, 7) is 11.4. The van der Waals surface area contributed by atoms with Crippen molar-refractivity contribution in [3.63, 3.8) is 0 Å². The van der Waals surface area contributed by atoms with Crippen molar-refractivity contribution in [1.82, 2.24) is 15.0 Å². The third-order valence-corrected chi connectivity index (χ3v) is 12.3. The molecule has 0 bridgehead atoms. The molecule has 2 aliphatic carbocycles. The third kappa shape index (κ3) is 3.97. The summed E-state index contributed by atoms with van der Waals surface area (Å²) in [6.07, 6.45) is 10.1. The number of pyridine rings is 1. The molecule has 0 atom stereocenters. The minimum atomic E-state index is -1.93. The average molecular weight is 467 g/mol. The maximum absolute atomic E-state index is 13.4. The summed E-state index contributed by atoms with van der Waals surface area (Å²) < 4.78 is 12.3. The van der Waals surface area contributed by atoms with Gasteiger partial charge < -0.3 is 9.16 Å². The summed E-state index contributed by atoms with van der Waals surface area (Å²) in [4.78, 5) is 29.1. The van der Waals surface area contributed by atoms with E-state index in [1.807, 2.05) is 18.3 Å². The fourth-order valence-electron chi connectivity index (χ4n) is 4.47. The summed E-state index contributed by atoms with van der Waals surface area (Å²) in [7, 11) is -1.93. The quantitative estimate of drug-likeness (QED) is 0.529. The van der Waals surface area contributed by atoms with Crippen molar-refractivity contribution < 1.29 is 14.0 Å². The summed E-state index contributed by atoms with van der Waals surface area (Å²) in [5.74, 6) is 1.97. The molecule has 0 unspecified atom stereocenters. The van der Waals surface area contributed by atoms with Gasteiger partial charge in [-0.05, 0) is 62.7 Å². The number of amides is 1. The Hall–Kier alpha value is -2.32. The van der Waals surface area contributed by atoms with E-state index in [9.17, 15) is 4.79 Å². The molecule has 0 N–H and O–H groups in total. The third-order valence-electron chi connectivity index (χ3n) is 7.85. The Morgan fingerprint density at radius 2 is 1.85 bits per heavy atom. The predicted molar refractivity (Wildman–Crippen MR) is 129 cm³/mol. The summed E-state index contributed by atoms with van der Waals surface area (Å²) in [6, 6.07) is 3.77. The van der Waals surface area contributed by atoms with Crippen molar-refractivity contribution >= 4 is 25.7 Å². The van der Waals surface area contributed by atoms with Gasteiger partial charge in [-0.2, -0.15) is 0 Å². The van der Waals surface area contributed by atoms with E-state index in [0.29, 0.717) is 24.1 Å². The molecule has 1 aliphatic heterocycles. The molecule has 5 rings (SSSR count). The lowest BCUT2D eigenvalue weighted by atomic mass is 10.0. The second kappa shape index (κ2) is 7.87. The first-order valence-electron chi connectivity index (χ1n) is 12.1. The molecule has 1 amide bonds. The number of aromatic nitrogens is 3. The van der Waals surface area contributed by atoms with Crippen LogP contribution in [-0.2, 0) is 21.2 Å². The number of ether oxygens (including phenoxy) is 1. The van der Waals surface area contributed by atoms with Crippen molar-refractivity contribution in [1.29, 1.82) is 0 Å². The van der Waals surface area contributed by atoms with E-state index < -0.39 is 13.7 Å². The first-order valence-corrected chi connectivity index (χ1v) is 15.0. The lowest BCUT2D eigenvalue weighted by Crippen LogP contribution is -2.40. The maximum atomic E-state index is 13.4. The zero-order chi connectivity index (χ0) is 23.4. The Bertz CT molecular complexity index is 1050. The Balaban J connectivity index is 1.40. The Labute approximate surface area is 197 Å². The van der Waals surface area contributed by atoms with Gasteiger partial charge in [0, 0.05) is 17.8 Å². The highest BCUT2D eigenvalue weighted by Gasteiger charge is 2.60. The lowest BCUT2D eigenvalue weighted by Gasteiger charge is -2.35. The number of nitrogens with zero attached hydrogens (tertiary/aromatic N) is 4. The molecular weight excluding hydrogens is 432 g/mol. The largest absolute Gasteiger partial charge is 0.474 e. The maximum Gasteiger partial charge on any atom is 0.243 e. The van der Waals surface area contributed by atoms with Gasteiger partial charge in [0.2, 0.25) is 11.8 Å². The Morgan fingerprint density at radius 1 is 1.12 bits per heavy atom. The molecule has 33 heavy (non-hydrogen) atoms. The van der Waals surface area contributed by atoms with E-state index in [1.165, 1.54) is 12.8 Å². The molecular formula is C25H34N4O3Si. The van der Waals surface area contributed by atoms with Crippen LogP contribution in [0.2, 0.25) is 18.1 Å². The van der Waals surface area contributed by atoms with Gasteiger partial charge in [-0.3, -0.25) is 9.69 Å². The molecule has 2 aromatic rings. The van der Waals surface area contributed by atoms with Gasteiger partial charge in [-0.15, -0.1) is 0 Å². The first kappa shape index (κ1) is 22.5. The van der Waals surface area contributed by atoms with Crippen LogP contribution < -0.4 is 9.64 Å². The van der Waals surface area contributed by atoms with Crippen LogP contribution in [0.25, 0.3) is 0 Å². The van der Waals surface area contributed by atoms with Crippen LogP contribution in [0.1, 0.15) is 70.7 Å². The van der Waals surface area contributed by atoms with Crippen LogP contribution in [0, 0.1) is 0 Å². The number of rotatable bonds is 6. The van der Waals surface area contributed by atoms with Crippen LogP contribution in [0.4, 0.5) is 11.5 Å². The zero-order valence-corrected chi connectivity index (χ0v) is 21.4. The van der Waals surface area contributed by atoms with Crippen LogP contribution in [0.15, 0.2) is 24.5 Å². The molecule has 0 saturated heterocycles. The van der Waals surface area contributed by atoms with E-state index in [-0.39, 0.29) is 17.0 Å². The highest BCUT2D eigenvalue weighted by atomic mass is 28.4. The van der Waals surface area contributed by atoms with E-state index in [2.05, 4.69) is 43.8 Å². The van der Waals surface area contributed by atoms with Crippen LogP contribution in [0.3, 0.4) is 0 Å². The van der Waals surface area contributed by atoms with Gasteiger partial charge in [0.15, 0.2) is 14.1 Å². The SMILES string of the molecule is CC(C)(C)[Si](C)(C)OCc1ncc2c(n1)N(c1ccc(OC3CCCC3)nc1)C(=O)C21CC1. The summed E-state index contributed by atoms with van der Waals surface area (Å²) in [5.41, 5.74) is 1.18. The van der Waals surface area contributed by atoms with Crippen molar-refractivity contribution in [2.45, 2.75) is 95.6 Å². The fourth-order valence-corrected chi connectivity index (χ4v) is 5.39. The molecule has 3 heterocycles. The highest BCUT2D eigenvalue weighted by Crippen LogP contribution is 2.58. The van der Waals surface area contributed by atoms with Gasteiger partial charge in [-0.25, -0.2) is 15.0 Å². The van der Waals surface area contributed by atoms with E-state index >= 15 is 0 Å².